The van der Waals surface area contributed by atoms with E-state index in [0.29, 0.717) is 22.1 Å². The smallest absolute Gasteiger partial charge is 0.0441 e. The lowest BCUT2D eigenvalue weighted by molar-refractivity contribution is 0.407. The summed E-state index contributed by atoms with van der Waals surface area (Å²) in [6.07, 6.45) is 0. The summed E-state index contributed by atoms with van der Waals surface area (Å²) in [5.41, 5.74) is 1.11. The molecular formula is C12H16Cl2N2. The van der Waals surface area contributed by atoms with E-state index in [-0.39, 0.29) is 0 Å². The third kappa shape index (κ3) is 2.82. The number of hydrogen-bond donors (Lipinski definition) is 1. The van der Waals surface area contributed by atoms with E-state index in [1.165, 1.54) is 0 Å². The Kier molecular flexibility index (Phi) is 3.63. The number of hydrogen-bond acceptors (Lipinski definition) is 2. The molecular weight excluding hydrogens is 243 g/mol. The SMILES string of the molecule is CC1CN(c2cc(Cl)cc(Cl)c2)CC(C)N1. The molecule has 0 aromatic heterocycles. The molecule has 1 aromatic rings. The van der Waals surface area contributed by atoms with Crippen LogP contribution in [0.5, 0.6) is 0 Å². The monoisotopic (exact) mass is 258 g/mol. The van der Waals surface area contributed by atoms with Crippen molar-refractivity contribution >= 4 is 28.9 Å². The highest BCUT2D eigenvalue weighted by atomic mass is 35.5. The Morgan fingerprint density at radius 2 is 1.56 bits per heavy atom. The van der Waals surface area contributed by atoms with Crippen molar-refractivity contribution in [2.45, 2.75) is 25.9 Å². The summed E-state index contributed by atoms with van der Waals surface area (Å²) in [4.78, 5) is 2.32. The maximum atomic E-state index is 6.02. The summed E-state index contributed by atoms with van der Waals surface area (Å²) >= 11 is 12.0. The van der Waals surface area contributed by atoms with Gasteiger partial charge in [-0.25, -0.2) is 0 Å². The molecule has 0 spiro atoms. The van der Waals surface area contributed by atoms with E-state index in [4.69, 9.17) is 23.2 Å². The molecule has 88 valence electrons. The predicted octanol–water partition coefficient (Wildman–Crippen LogP) is 3.18. The topological polar surface area (TPSA) is 15.3 Å². The fourth-order valence-corrected chi connectivity index (χ4v) is 2.77. The maximum Gasteiger partial charge on any atom is 0.0441 e. The highest BCUT2D eigenvalue weighted by molar-refractivity contribution is 6.35. The van der Waals surface area contributed by atoms with Gasteiger partial charge in [0, 0.05) is 40.9 Å². The molecule has 2 rings (SSSR count). The van der Waals surface area contributed by atoms with Crippen molar-refractivity contribution in [2.24, 2.45) is 0 Å². The quantitative estimate of drug-likeness (QED) is 0.833. The van der Waals surface area contributed by atoms with Crippen LogP contribution in [0.15, 0.2) is 18.2 Å². The molecule has 0 bridgehead atoms. The van der Waals surface area contributed by atoms with Gasteiger partial charge in [0.15, 0.2) is 0 Å². The Hall–Kier alpha value is -0.440. The van der Waals surface area contributed by atoms with Crippen molar-refractivity contribution in [3.8, 4) is 0 Å². The molecule has 1 heterocycles. The van der Waals surface area contributed by atoms with Crippen LogP contribution in [-0.2, 0) is 0 Å². The van der Waals surface area contributed by atoms with E-state index in [1.54, 1.807) is 6.07 Å². The second-order valence-corrected chi connectivity index (χ2v) is 5.37. The third-order valence-electron chi connectivity index (χ3n) is 2.77. The first-order valence-corrected chi connectivity index (χ1v) is 6.27. The van der Waals surface area contributed by atoms with Gasteiger partial charge in [-0.15, -0.1) is 0 Å². The summed E-state index contributed by atoms with van der Waals surface area (Å²) < 4.78 is 0. The number of rotatable bonds is 1. The lowest BCUT2D eigenvalue weighted by Gasteiger charge is -2.37. The zero-order valence-electron chi connectivity index (χ0n) is 9.50. The molecule has 16 heavy (non-hydrogen) atoms. The number of halogens is 2. The van der Waals surface area contributed by atoms with Crippen LogP contribution in [0.2, 0.25) is 10.0 Å². The van der Waals surface area contributed by atoms with Crippen molar-refractivity contribution < 1.29 is 0 Å². The van der Waals surface area contributed by atoms with Gasteiger partial charge in [0.1, 0.15) is 0 Å². The fraction of sp³-hybridized carbons (Fsp3) is 0.500. The molecule has 2 nitrogen and oxygen atoms in total. The summed E-state index contributed by atoms with van der Waals surface area (Å²) in [6.45, 7) is 6.35. The van der Waals surface area contributed by atoms with Crippen molar-refractivity contribution in [1.29, 1.82) is 0 Å². The van der Waals surface area contributed by atoms with Gasteiger partial charge in [-0.05, 0) is 32.0 Å². The average Bonchev–Trinajstić information content (AvgIpc) is 2.14. The molecule has 0 saturated carbocycles. The van der Waals surface area contributed by atoms with E-state index in [0.717, 1.165) is 18.8 Å². The number of piperazine rings is 1. The second-order valence-electron chi connectivity index (χ2n) is 4.50. The van der Waals surface area contributed by atoms with Crippen LogP contribution >= 0.6 is 23.2 Å². The van der Waals surface area contributed by atoms with Crippen LogP contribution in [0.3, 0.4) is 0 Å². The first-order valence-electron chi connectivity index (χ1n) is 5.51. The first kappa shape index (κ1) is 12.0. The molecule has 1 N–H and O–H groups in total. The molecule has 4 heteroatoms. The van der Waals surface area contributed by atoms with Gasteiger partial charge in [0.05, 0.1) is 0 Å². The Morgan fingerprint density at radius 3 is 2.06 bits per heavy atom. The van der Waals surface area contributed by atoms with Gasteiger partial charge < -0.3 is 10.2 Å². The van der Waals surface area contributed by atoms with Crippen LogP contribution < -0.4 is 10.2 Å². The van der Waals surface area contributed by atoms with E-state index >= 15 is 0 Å². The fourth-order valence-electron chi connectivity index (χ4n) is 2.26. The average molecular weight is 259 g/mol. The second kappa shape index (κ2) is 4.82. The zero-order chi connectivity index (χ0) is 11.7. The van der Waals surface area contributed by atoms with Gasteiger partial charge in [0.25, 0.3) is 0 Å². The van der Waals surface area contributed by atoms with Crippen molar-refractivity contribution in [2.75, 3.05) is 18.0 Å². The highest BCUT2D eigenvalue weighted by Crippen LogP contribution is 2.26. The molecule has 0 amide bonds. The Balaban J connectivity index is 2.22. The van der Waals surface area contributed by atoms with Gasteiger partial charge in [-0.3, -0.25) is 0 Å². The minimum Gasteiger partial charge on any atom is -0.368 e. The highest BCUT2D eigenvalue weighted by Gasteiger charge is 2.21. The third-order valence-corrected chi connectivity index (χ3v) is 3.21. The van der Waals surface area contributed by atoms with E-state index in [9.17, 15) is 0 Å². The molecule has 2 unspecified atom stereocenters. The maximum absolute atomic E-state index is 6.02. The lowest BCUT2D eigenvalue weighted by atomic mass is 10.1. The molecule has 0 aliphatic carbocycles. The molecule has 2 atom stereocenters. The lowest BCUT2D eigenvalue weighted by Crippen LogP contribution is -2.54. The molecule has 1 saturated heterocycles. The molecule has 1 aliphatic rings. The molecule has 0 radical (unpaired) electrons. The number of anilines is 1. The predicted molar refractivity (Wildman–Crippen MR) is 70.7 cm³/mol. The van der Waals surface area contributed by atoms with E-state index in [2.05, 4.69) is 24.1 Å². The number of benzene rings is 1. The molecule has 1 aliphatic heterocycles. The van der Waals surface area contributed by atoms with E-state index < -0.39 is 0 Å². The summed E-state index contributed by atoms with van der Waals surface area (Å²) in [5, 5.41) is 4.89. The van der Waals surface area contributed by atoms with Crippen LogP contribution in [0.4, 0.5) is 5.69 Å². The zero-order valence-corrected chi connectivity index (χ0v) is 11.0. The molecule has 1 aromatic carbocycles. The van der Waals surface area contributed by atoms with Gasteiger partial charge in [-0.2, -0.15) is 0 Å². The standard InChI is InChI=1S/C12H16Cl2N2/c1-8-6-16(7-9(2)15-8)12-4-10(13)3-11(14)5-12/h3-5,8-9,15H,6-7H2,1-2H3. The number of nitrogens with one attached hydrogen (secondary N) is 1. The molecule has 1 fully saturated rings. The Labute approximate surface area is 107 Å². The van der Waals surface area contributed by atoms with Crippen LogP contribution in [0.1, 0.15) is 13.8 Å². The van der Waals surface area contributed by atoms with Gasteiger partial charge in [-0.1, -0.05) is 23.2 Å². The largest absolute Gasteiger partial charge is 0.368 e. The van der Waals surface area contributed by atoms with Crippen molar-refractivity contribution in [3.05, 3.63) is 28.2 Å². The van der Waals surface area contributed by atoms with Crippen LogP contribution in [-0.4, -0.2) is 25.2 Å². The van der Waals surface area contributed by atoms with Gasteiger partial charge in [0.2, 0.25) is 0 Å². The van der Waals surface area contributed by atoms with Crippen molar-refractivity contribution in [3.63, 3.8) is 0 Å². The Bertz CT molecular complexity index is 351. The van der Waals surface area contributed by atoms with Crippen LogP contribution in [0, 0.1) is 0 Å². The minimum atomic E-state index is 0.488. The Morgan fingerprint density at radius 1 is 1.06 bits per heavy atom. The van der Waals surface area contributed by atoms with Crippen LogP contribution in [0.25, 0.3) is 0 Å². The minimum absolute atomic E-state index is 0.488. The van der Waals surface area contributed by atoms with Gasteiger partial charge >= 0.3 is 0 Å². The summed E-state index contributed by atoms with van der Waals surface area (Å²) in [6, 6.07) is 6.68. The number of nitrogens with zero attached hydrogens (tertiary/aromatic N) is 1. The first-order chi connectivity index (χ1) is 7.54. The van der Waals surface area contributed by atoms with Crippen molar-refractivity contribution in [1.82, 2.24) is 5.32 Å². The summed E-state index contributed by atoms with van der Waals surface area (Å²) in [7, 11) is 0. The van der Waals surface area contributed by atoms with E-state index in [1.807, 2.05) is 12.1 Å². The normalized spacial score (nSPS) is 25.9. The summed E-state index contributed by atoms with van der Waals surface area (Å²) in [5.74, 6) is 0.